The third-order valence-electron chi connectivity index (χ3n) is 3.25. The number of alkyl halides is 3. The van der Waals surface area contributed by atoms with Crippen molar-refractivity contribution < 1.29 is 37.0 Å². The van der Waals surface area contributed by atoms with E-state index in [2.05, 4.69) is 15.4 Å². The van der Waals surface area contributed by atoms with Crippen LogP contribution in [0.3, 0.4) is 0 Å². The number of carbonyl (C=O) groups excluding carboxylic acids is 3. The Labute approximate surface area is 162 Å². The molecule has 2 aromatic rings. The highest BCUT2D eigenvalue weighted by atomic mass is 19.4. The number of aromatic nitrogens is 3. The van der Waals surface area contributed by atoms with Gasteiger partial charge < -0.3 is 9.47 Å². The van der Waals surface area contributed by atoms with Crippen LogP contribution in [0.1, 0.15) is 47.3 Å². The molecule has 1 N–H and O–H groups in total. The van der Waals surface area contributed by atoms with Gasteiger partial charge in [0.2, 0.25) is 5.95 Å². The van der Waals surface area contributed by atoms with Crippen LogP contribution in [0.4, 0.5) is 19.1 Å². The molecule has 0 aliphatic heterocycles. The number of hydrogen-bond acceptors (Lipinski definition) is 7. The second kappa shape index (κ2) is 8.29. The van der Waals surface area contributed by atoms with Crippen molar-refractivity contribution in [3.8, 4) is 5.75 Å². The minimum absolute atomic E-state index is 0.0865. The standard InChI is InChI=1S/C17H17F3N4O5/c1-8(2)28-14(27)11-5-10(6-12(7-11)29-9(3)25)13(26)21-16-22-15(17(18,19)20)23-24(16)4/h5-8H,1-4H3,(H,21,22,23,26). The maximum absolute atomic E-state index is 12.7. The first-order chi connectivity index (χ1) is 13.4. The number of esters is 2. The number of anilines is 1. The fraction of sp³-hybridized carbons (Fsp3) is 0.353. The number of carbonyl (C=O) groups is 3. The van der Waals surface area contributed by atoms with Crippen LogP contribution in [-0.4, -0.2) is 38.7 Å². The molecule has 0 bridgehead atoms. The van der Waals surface area contributed by atoms with Gasteiger partial charge in [0.25, 0.3) is 11.7 Å². The topological polar surface area (TPSA) is 112 Å². The molecule has 0 unspecified atom stereocenters. The van der Waals surface area contributed by atoms with Gasteiger partial charge in [0.15, 0.2) is 0 Å². The Morgan fingerprint density at radius 2 is 1.76 bits per heavy atom. The fourth-order valence-electron chi connectivity index (χ4n) is 2.14. The zero-order chi connectivity index (χ0) is 21.9. The van der Waals surface area contributed by atoms with Crippen LogP contribution in [0, 0.1) is 0 Å². The van der Waals surface area contributed by atoms with Crippen LogP contribution in [0.5, 0.6) is 5.75 Å². The summed E-state index contributed by atoms with van der Waals surface area (Å²) in [5.41, 5.74) is -0.257. The lowest BCUT2D eigenvalue weighted by atomic mass is 10.1. The Morgan fingerprint density at radius 3 is 2.28 bits per heavy atom. The maximum Gasteiger partial charge on any atom is 0.453 e. The largest absolute Gasteiger partial charge is 0.459 e. The van der Waals surface area contributed by atoms with E-state index in [4.69, 9.17) is 9.47 Å². The zero-order valence-corrected chi connectivity index (χ0v) is 15.8. The van der Waals surface area contributed by atoms with Gasteiger partial charge in [-0.1, -0.05) is 0 Å². The monoisotopic (exact) mass is 414 g/mol. The average molecular weight is 414 g/mol. The molecule has 2 rings (SSSR count). The van der Waals surface area contributed by atoms with Crippen LogP contribution in [0.25, 0.3) is 0 Å². The van der Waals surface area contributed by atoms with E-state index in [-0.39, 0.29) is 16.9 Å². The van der Waals surface area contributed by atoms with Gasteiger partial charge in [-0.3, -0.25) is 14.9 Å². The van der Waals surface area contributed by atoms with Gasteiger partial charge in [0.05, 0.1) is 11.7 Å². The highest BCUT2D eigenvalue weighted by Gasteiger charge is 2.37. The smallest absolute Gasteiger partial charge is 0.453 e. The lowest BCUT2D eigenvalue weighted by molar-refractivity contribution is -0.145. The van der Waals surface area contributed by atoms with Gasteiger partial charge in [0.1, 0.15) is 5.75 Å². The molecule has 0 radical (unpaired) electrons. The van der Waals surface area contributed by atoms with Crippen molar-refractivity contribution >= 4 is 23.8 Å². The van der Waals surface area contributed by atoms with Crippen LogP contribution in [0.2, 0.25) is 0 Å². The highest BCUT2D eigenvalue weighted by Crippen LogP contribution is 2.27. The Hall–Kier alpha value is -3.44. The summed E-state index contributed by atoms with van der Waals surface area (Å²) in [6, 6.07) is 3.49. The van der Waals surface area contributed by atoms with E-state index >= 15 is 0 Å². The molecule has 0 aliphatic carbocycles. The summed E-state index contributed by atoms with van der Waals surface area (Å²) < 4.78 is 48.8. The molecular formula is C17H17F3N4O5. The number of nitrogens with zero attached hydrogens (tertiary/aromatic N) is 3. The van der Waals surface area contributed by atoms with Crippen molar-refractivity contribution in [3.05, 3.63) is 35.2 Å². The second-order valence-corrected chi connectivity index (χ2v) is 6.13. The molecule has 1 aromatic carbocycles. The molecule has 0 aliphatic rings. The van der Waals surface area contributed by atoms with Crippen molar-refractivity contribution in [1.29, 1.82) is 0 Å². The van der Waals surface area contributed by atoms with E-state index in [1.807, 2.05) is 0 Å². The normalized spacial score (nSPS) is 11.3. The summed E-state index contributed by atoms with van der Waals surface area (Å²) in [5.74, 6) is -4.39. The summed E-state index contributed by atoms with van der Waals surface area (Å²) in [6.45, 7) is 4.36. The van der Waals surface area contributed by atoms with Gasteiger partial charge >= 0.3 is 18.1 Å². The lowest BCUT2D eigenvalue weighted by Gasteiger charge is -2.11. The minimum atomic E-state index is -4.79. The predicted octanol–water partition coefficient (Wildman–Crippen LogP) is 2.58. The molecule has 0 spiro atoms. The van der Waals surface area contributed by atoms with Crippen LogP contribution in [-0.2, 0) is 22.8 Å². The first-order valence-corrected chi connectivity index (χ1v) is 8.21. The molecule has 1 heterocycles. The van der Waals surface area contributed by atoms with E-state index < -0.39 is 41.9 Å². The van der Waals surface area contributed by atoms with E-state index in [9.17, 15) is 27.6 Å². The molecule has 29 heavy (non-hydrogen) atoms. The van der Waals surface area contributed by atoms with Crippen molar-refractivity contribution in [2.45, 2.75) is 33.1 Å². The molecule has 0 atom stereocenters. The second-order valence-electron chi connectivity index (χ2n) is 6.13. The molecule has 0 saturated carbocycles. The summed E-state index contributed by atoms with van der Waals surface area (Å²) in [7, 11) is 1.17. The predicted molar refractivity (Wildman–Crippen MR) is 92.3 cm³/mol. The number of ether oxygens (including phenoxy) is 2. The van der Waals surface area contributed by atoms with Gasteiger partial charge in [-0.15, -0.1) is 5.10 Å². The first-order valence-electron chi connectivity index (χ1n) is 8.21. The van der Waals surface area contributed by atoms with Crippen molar-refractivity contribution in [1.82, 2.24) is 14.8 Å². The van der Waals surface area contributed by atoms with Crippen LogP contribution >= 0.6 is 0 Å². The van der Waals surface area contributed by atoms with Crippen LogP contribution < -0.4 is 10.1 Å². The third kappa shape index (κ3) is 5.77. The SMILES string of the molecule is CC(=O)Oc1cc(C(=O)Nc2nc(C(F)(F)F)nn2C)cc(C(=O)OC(C)C)c1. The number of benzene rings is 1. The molecule has 0 saturated heterocycles. The number of nitrogens with one attached hydrogen (secondary N) is 1. The molecule has 0 fully saturated rings. The Balaban J connectivity index is 2.36. The number of aryl methyl sites for hydroxylation is 1. The first kappa shape index (κ1) is 21.9. The van der Waals surface area contributed by atoms with E-state index in [0.717, 1.165) is 23.7 Å². The molecule has 1 amide bonds. The summed E-state index contributed by atoms with van der Waals surface area (Å²) >= 11 is 0. The van der Waals surface area contributed by atoms with Crippen molar-refractivity contribution in [2.75, 3.05) is 5.32 Å². The Kier molecular flexibility index (Phi) is 6.25. The van der Waals surface area contributed by atoms with Crippen molar-refractivity contribution in [3.63, 3.8) is 0 Å². The number of hydrogen-bond donors (Lipinski definition) is 1. The number of halogens is 3. The quantitative estimate of drug-likeness (QED) is 0.591. The van der Waals surface area contributed by atoms with Gasteiger partial charge in [-0.05, 0) is 32.0 Å². The van der Waals surface area contributed by atoms with E-state index in [0.29, 0.717) is 0 Å². The number of amides is 1. The molecule has 12 heteroatoms. The zero-order valence-electron chi connectivity index (χ0n) is 15.8. The summed E-state index contributed by atoms with van der Waals surface area (Å²) in [6.07, 6.45) is -5.24. The highest BCUT2D eigenvalue weighted by molar-refractivity contribution is 6.05. The third-order valence-corrected chi connectivity index (χ3v) is 3.25. The summed E-state index contributed by atoms with van der Waals surface area (Å²) in [4.78, 5) is 39.1. The minimum Gasteiger partial charge on any atom is -0.459 e. The van der Waals surface area contributed by atoms with E-state index in [1.165, 1.54) is 13.1 Å². The van der Waals surface area contributed by atoms with Gasteiger partial charge in [0, 0.05) is 19.5 Å². The average Bonchev–Trinajstić information content (AvgIpc) is 2.94. The van der Waals surface area contributed by atoms with Gasteiger partial charge in [-0.25, -0.2) is 9.48 Å². The van der Waals surface area contributed by atoms with Crippen LogP contribution in [0.15, 0.2) is 18.2 Å². The lowest BCUT2D eigenvalue weighted by Crippen LogP contribution is -2.18. The Morgan fingerprint density at radius 1 is 1.14 bits per heavy atom. The van der Waals surface area contributed by atoms with Gasteiger partial charge in [-0.2, -0.15) is 18.2 Å². The molecular weight excluding hydrogens is 397 g/mol. The van der Waals surface area contributed by atoms with E-state index in [1.54, 1.807) is 13.8 Å². The maximum atomic E-state index is 12.7. The summed E-state index contributed by atoms with van der Waals surface area (Å²) in [5, 5.41) is 5.35. The molecule has 1 aromatic heterocycles. The Bertz CT molecular complexity index is 953. The van der Waals surface area contributed by atoms with Crippen molar-refractivity contribution in [2.24, 2.45) is 7.05 Å². The molecule has 9 nitrogen and oxygen atoms in total. The fourth-order valence-corrected chi connectivity index (χ4v) is 2.14. The number of rotatable bonds is 5. The molecule has 156 valence electrons.